The molecule has 5 heteroatoms. The van der Waals surface area contributed by atoms with Crippen LogP contribution in [0.1, 0.15) is 18.4 Å². The topological polar surface area (TPSA) is 55.1 Å². The van der Waals surface area contributed by atoms with Crippen molar-refractivity contribution in [2.24, 2.45) is 7.05 Å². The number of benzene rings is 1. The van der Waals surface area contributed by atoms with Crippen molar-refractivity contribution in [1.29, 1.82) is 0 Å². The molecule has 0 radical (unpaired) electrons. The van der Waals surface area contributed by atoms with Gasteiger partial charge in [0, 0.05) is 12.4 Å². The lowest BCUT2D eigenvalue weighted by molar-refractivity contribution is -0.138. The number of nitrogens with zero attached hydrogens (tertiary/aromatic N) is 2. The number of hydrogen-bond donors (Lipinski definition) is 1. The van der Waals surface area contributed by atoms with Gasteiger partial charge in [-0.05, 0) is 34.5 Å². The van der Waals surface area contributed by atoms with Gasteiger partial charge in [-0.15, -0.1) is 0 Å². The van der Waals surface area contributed by atoms with Gasteiger partial charge in [0.25, 0.3) is 0 Å². The number of rotatable bonds is 2. The first kappa shape index (κ1) is 11.1. The lowest BCUT2D eigenvalue weighted by Crippen LogP contribution is -2.07. The van der Waals surface area contributed by atoms with Gasteiger partial charge in [0.15, 0.2) is 0 Å². The van der Waals surface area contributed by atoms with Crippen molar-refractivity contribution in [2.75, 3.05) is 0 Å². The molecular formula is C11H11BrN2O2. The molecule has 1 unspecified atom stereocenters. The largest absolute Gasteiger partial charge is 0.481 e. The van der Waals surface area contributed by atoms with E-state index in [4.69, 9.17) is 5.11 Å². The van der Waals surface area contributed by atoms with Crippen LogP contribution in [-0.4, -0.2) is 20.9 Å². The molecule has 4 nitrogen and oxygen atoms in total. The first-order valence-corrected chi connectivity index (χ1v) is 5.65. The fourth-order valence-electron chi connectivity index (χ4n) is 1.78. The fraction of sp³-hybridized carbons (Fsp3) is 0.273. The predicted molar refractivity (Wildman–Crippen MR) is 64.5 cm³/mol. The Hall–Kier alpha value is -1.36. The maximum atomic E-state index is 11.0. The first-order valence-electron chi connectivity index (χ1n) is 4.86. The molecule has 0 amide bonds. The quantitative estimate of drug-likeness (QED) is 0.921. The normalized spacial score (nSPS) is 12.9. The maximum Gasteiger partial charge on any atom is 0.310 e. The summed E-state index contributed by atoms with van der Waals surface area (Å²) in [4.78, 5) is 11.0. The van der Waals surface area contributed by atoms with Crippen molar-refractivity contribution in [3.8, 4) is 0 Å². The van der Waals surface area contributed by atoms with E-state index < -0.39 is 11.9 Å². The number of hydrogen-bond acceptors (Lipinski definition) is 2. The second-order valence-electron chi connectivity index (χ2n) is 3.72. The zero-order chi connectivity index (χ0) is 11.9. The van der Waals surface area contributed by atoms with E-state index in [9.17, 15) is 4.79 Å². The van der Waals surface area contributed by atoms with Crippen molar-refractivity contribution in [3.05, 3.63) is 28.4 Å². The van der Waals surface area contributed by atoms with E-state index in [0.29, 0.717) is 4.60 Å². The predicted octanol–water partition coefficient (Wildman–Crippen LogP) is 2.52. The number of carboxylic acids is 1. The van der Waals surface area contributed by atoms with Crippen LogP contribution in [0.25, 0.3) is 10.9 Å². The van der Waals surface area contributed by atoms with E-state index in [1.165, 1.54) is 0 Å². The molecular weight excluding hydrogens is 272 g/mol. The molecule has 0 spiro atoms. The molecule has 0 saturated carbocycles. The lowest BCUT2D eigenvalue weighted by atomic mass is 9.98. The molecule has 84 valence electrons. The van der Waals surface area contributed by atoms with Crippen molar-refractivity contribution in [2.45, 2.75) is 12.8 Å². The number of carbonyl (C=O) groups is 1. The number of aryl methyl sites for hydroxylation is 1. The SMILES string of the molecule is CC(C(=O)O)c1cccc2c1c(Br)nn2C. The molecule has 0 aliphatic carbocycles. The Labute approximate surface area is 101 Å². The van der Waals surface area contributed by atoms with Crippen LogP contribution in [-0.2, 0) is 11.8 Å². The van der Waals surface area contributed by atoms with E-state index in [-0.39, 0.29) is 0 Å². The molecule has 16 heavy (non-hydrogen) atoms. The highest BCUT2D eigenvalue weighted by Gasteiger charge is 2.19. The van der Waals surface area contributed by atoms with Gasteiger partial charge >= 0.3 is 5.97 Å². The number of fused-ring (bicyclic) bond motifs is 1. The van der Waals surface area contributed by atoms with Gasteiger partial charge < -0.3 is 5.11 Å². The van der Waals surface area contributed by atoms with Gasteiger partial charge in [0.05, 0.1) is 11.4 Å². The molecule has 0 saturated heterocycles. The minimum atomic E-state index is -0.830. The van der Waals surface area contributed by atoms with Crippen LogP contribution in [0, 0.1) is 0 Å². The summed E-state index contributed by atoms with van der Waals surface area (Å²) in [5.41, 5.74) is 1.71. The summed E-state index contributed by atoms with van der Waals surface area (Å²) >= 11 is 3.36. The Morgan fingerprint density at radius 3 is 2.88 bits per heavy atom. The molecule has 1 aromatic heterocycles. The van der Waals surface area contributed by atoms with Crippen LogP contribution < -0.4 is 0 Å². The minimum Gasteiger partial charge on any atom is -0.481 e. The highest BCUT2D eigenvalue weighted by Crippen LogP contribution is 2.31. The maximum absolute atomic E-state index is 11.0. The number of aliphatic carboxylic acids is 1. The Kier molecular flexibility index (Phi) is 2.71. The van der Waals surface area contributed by atoms with Crippen LogP contribution >= 0.6 is 15.9 Å². The van der Waals surface area contributed by atoms with Gasteiger partial charge in [-0.25, -0.2) is 0 Å². The second-order valence-corrected chi connectivity index (χ2v) is 4.47. The van der Waals surface area contributed by atoms with E-state index in [0.717, 1.165) is 16.5 Å². The smallest absolute Gasteiger partial charge is 0.310 e. The van der Waals surface area contributed by atoms with Crippen LogP contribution in [0.2, 0.25) is 0 Å². The number of carboxylic acid groups (broad SMARTS) is 1. The highest BCUT2D eigenvalue weighted by molar-refractivity contribution is 9.10. The van der Waals surface area contributed by atoms with Gasteiger partial charge in [-0.1, -0.05) is 12.1 Å². The van der Waals surface area contributed by atoms with Gasteiger partial charge in [-0.3, -0.25) is 9.48 Å². The molecule has 0 aliphatic rings. The summed E-state index contributed by atoms with van der Waals surface area (Å²) < 4.78 is 2.42. The molecule has 2 aromatic rings. The van der Waals surface area contributed by atoms with Crippen molar-refractivity contribution >= 4 is 32.8 Å². The Bertz CT molecular complexity index is 562. The molecule has 1 atom stereocenters. The summed E-state index contributed by atoms with van der Waals surface area (Å²) in [5.74, 6) is -1.37. The van der Waals surface area contributed by atoms with Crippen molar-refractivity contribution in [3.63, 3.8) is 0 Å². The standard InChI is InChI=1S/C11H11BrN2O2/c1-6(11(15)16)7-4-3-5-8-9(7)10(12)13-14(8)2/h3-6H,1-2H3,(H,15,16). The Morgan fingerprint density at radius 1 is 1.56 bits per heavy atom. The molecule has 1 N–H and O–H groups in total. The summed E-state index contributed by atoms with van der Waals surface area (Å²) in [7, 11) is 1.84. The van der Waals surface area contributed by atoms with E-state index in [1.807, 2.05) is 25.2 Å². The molecule has 0 aliphatic heterocycles. The zero-order valence-electron chi connectivity index (χ0n) is 8.94. The van der Waals surface area contributed by atoms with Crippen LogP contribution in [0.5, 0.6) is 0 Å². The summed E-state index contributed by atoms with van der Waals surface area (Å²) in [6, 6.07) is 5.60. The third-order valence-corrected chi connectivity index (χ3v) is 3.26. The Balaban J connectivity index is 2.75. The average Bonchev–Trinajstić information content (AvgIpc) is 2.54. The number of halogens is 1. The highest BCUT2D eigenvalue weighted by atomic mass is 79.9. The van der Waals surface area contributed by atoms with Gasteiger partial charge in [-0.2, -0.15) is 5.10 Å². The fourth-order valence-corrected chi connectivity index (χ4v) is 2.45. The van der Waals surface area contributed by atoms with Crippen LogP contribution in [0.4, 0.5) is 0 Å². The van der Waals surface area contributed by atoms with Gasteiger partial charge in [0.2, 0.25) is 0 Å². The molecule has 0 bridgehead atoms. The van der Waals surface area contributed by atoms with Crippen molar-refractivity contribution in [1.82, 2.24) is 9.78 Å². The summed E-state index contributed by atoms with van der Waals surface area (Å²) in [5, 5.41) is 14.2. The molecule has 1 aromatic carbocycles. The van der Waals surface area contributed by atoms with Crippen molar-refractivity contribution < 1.29 is 9.90 Å². The van der Waals surface area contributed by atoms with E-state index >= 15 is 0 Å². The van der Waals surface area contributed by atoms with E-state index in [2.05, 4.69) is 21.0 Å². The second kappa shape index (κ2) is 3.90. The lowest BCUT2D eigenvalue weighted by Gasteiger charge is -2.08. The molecule has 0 fully saturated rings. The van der Waals surface area contributed by atoms with Gasteiger partial charge in [0.1, 0.15) is 4.60 Å². The minimum absolute atomic E-state index is 0.538. The molecule has 2 rings (SSSR count). The third-order valence-electron chi connectivity index (χ3n) is 2.70. The monoisotopic (exact) mass is 282 g/mol. The third kappa shape index (κ3) is 1.61. The Morgan fingerprint density at radius 2 is 2.25 bits per heavy atom. The summed E-state index contributed by atoms with van der Waals surface area (Å²) in [6.45, 7) is 1.68. The molecule has 1 heterocycles. The average molecular weight is 283 g/mol. The van der Waals surface area contributed by atoms with E-state index in [1.54, 1.807) is 11.6 Å². The number of aromatic nitrogens is 2. The first-order chi connectivity index (χ1) is 7.52. The zero-order valence-corrected chi connectivity index (χ0v) is 10.5. The van der Waals surface area contributed by atoms with Crippen LogP contribution in [0.3, 0.4) is 0 Å². The summed E-state index contributed by atoms with van der Waals surface area (Å²) in [6.07, 6.45) is 0. The van der Waals surface area contributed by atoms with Crippen LogP contribution in [0.15, 0.2) is 22.8 Å².